The van der Waals surface area contributed by atoms with Gasteiger partial charge in [-0.3, -0.25) is 4.79 Å². The first-order valence-electron chi connectivity index (χ1n) is 8.30. The Morgan fingerprint density at radius 1 is 1.46 bits per heavy atom. The van der Waals surface area contributed by atoms with Gasteiger partial charge in [0.25, 0.3) is 0 Å². The fourth-order valence-electron chi connectivity index (χ4n) is 2.65. The van der Waals surface area contributed by atoms with E-state index in [-0.39, 0.29) is 40.7 Å². The lowest BCUT2D eigenvalue weighted by molar-refractivity contribution is -0.124. The molecule has 12 heteroatoms. The number of hydrogen-bond donors (Lipinski definition) is 5. The number of oxime groups is 1. The first-order valence-corrected chi connectivity index (χ1v) is 9.28. The number of carbonyl (C=O) groups excluding carboxylic acids is 1. The Hall–Kier alpha value is -2.70. The molecule has 0 saturated carbocycles. The van der Waals surface area contributed by atoms with E-state index in [1.165, 1.54) is 12.1 Å². The van der Waals surface area contributed by atoms with Crippen molar-refractivity contribution in [2.75, 3.05) is 18.9 Å². The zero-order chi connectivity index (χ0) is 20.1. The van der Waals surface area contributed by atoms with Crippen LogP contribution < -0.4 is 10.6 Å². The molecular formula is C16H18FN5O5S. The van der Waals surface area contributed by atoms with Gasteiger partial charge in [0.1, 0.15) is 12.4 Å². The molecule has 2 unspecified atom stereocenters. The van der Waals surface area contributed by atoms with Crippen LogP contribution >= 0.6 is 11.8 Å². The summed E-state index contributed by atoms with van der Waals surface area (Å²) in [7, 11) is 0. The summed E-state index contributed by atoms with van der Waals surface area (Å²) in [4.78, 5) is 11.0. The highest BCUT2D eigenvalue weighted by atomic mass is 32.2. The van der Waals surface area contributed by atoms with E-state index in [9.17, 15) is 19.5 Å². The topological polar surface area (TPSA) is 153 Å². The van der Waals surface area contributed by atoms with Gasteiger partial charge < -0.3 is 26.1 Å². The third kappa shape index (κ3) is 4.58. The van der Waals surface area contributed by atoms with E-state index in [4.69, 9.17) is 9.74 Å². The summed E-state index contributed by atoms with van der Waals surface area (Å²) in [6.07, 6.45) is -0.278. The lowest BCUT2D eigenvalue weighted by Crippen LogP contribution is -2.37. The third-order valence-corrected chi connectivity index (χ3v) is 5.18. The summed E-state index contributed by atoms with van der Waals surface area (Å²) >= 11 is 1.08. The maximum Gasteiger partial charge on any atom is 0.245 e. The van der Waals surface area contributed by atoms with Crippen molar-refractivity contribution < 1.29 is 29.2 Å². The number of aromatic nitrogens is 2. The van der Waals surface area contributed by atoms with Crippen molar-refractivity contribution >= 4 is 23.5 Å². The molecule has 0 spiro atoms. The number of amides is 1. The minimum atomic E-state index is -0.908. The zero-order valence-corrected chi connectivity index (χ0v) is 15.3. The monoisotopic (exact) mass is 411 g/mol. The van der Waals surface area contributed by atoms with E-state index in [1.54, 1.807) is 6.07 Å². The van der Waals surface area contributed by atoms with Crippen molar-refractivity contribution in [3.63, 3.8) is 0 Å². The van der Waals surface area contributed by atoms with Gasteiger partial charge in [-0.1, -0.05) is 23.0 Å². The Morgan fingerprint density at radius 2 is 2.29 bits per heavy atom. The SMILES string of the molecule is O=C(CO)NCC(O)CSc1nonc1C(=NO)NC1Cc2ccc(F)cc21. The van der Waals surface area contributed by atoms with Crippen LogP contribution in [0.1, 0.15) is 22.9 Å². The summed E-state index contributed by atoms with van der Waals surface area (Å²) in [6.45, 7) is -0.704. The van der Waals surface area contributed by atoms with E-state index in [2.05, 4.69) is 26.1 Å². The number of nitrogens with zero attached hydrogens (tertiary/aromatic N) is 3. The minimum Gasteiger partial charge on any atom is -0.409 e. The lowest BCUT2D eigenvalue weighted by atomic mass is 9.83. The van der Waals surface area contributed by atoms with Crippen molar-refractivity contribution in [2.45, 2.75) is 23.6 Å². The van der Waals surface area contributed by atoms with Crippen LogP contribution in [-0.4, -0.2) is 62.5 Å². The van der Waals surface area contributed by atoms with E-state index in [0.29, 0.717) is 6.42 Å². The van der Waals surface area contributed by atoms with Crippen LogP contribution in [0.5, 0.6) is 0 Å². The van der Waals surface area contributed by atoms with E-state index in [0.717, 1.165) is 22.9 Å². The normalized spacial score (nSPS) is 16.8. The summed E-state index contributed by atoms with van der Waals surface area (Å²) in [6, 6.07) is 4.26. The average Bonchev–Trinajstić information content (AvgIpc) is 3.15. The van der Waals surface area contributed by atoms with Crippen LogP contribution in [0.15, 0.2) is 33.0 Å². The molecule has 0 saturated heterocycles. The molecule has 10 nitrogen and oxygen atoms in total. The van der Waals surface area contributed by atoms with Crippen molar-refractivity contribution in [3.05, 3.63) is 40.8 Å². The maximum atomic E-state index is 13.4. The van der Waals surface area contributed by atoms with Crippen LogP contribution in [0.3, 0.4) is 0 Å². The molecule has 1 aromatic carbocycles. The predicted molar refractivity (Wildman–Crippen MR) is 95.4 cm³/mol. The Kier molecular flexibility index (Phi) is 6.44. The zero-order valence-electron chi connectivity index (χ0n) is 14.5. The van der Waals surface area contributed by atoms with Crippen LogP contribution in [-0.2, 0) is 11.2 Å². The number of halogens is 1. The molecule has 5 N–H and O–H groups in total. The standard InChI is InChI=1S/C16H18FN5O5S/c17-9-2-1-8-3-12(11(8)4-9)19-15(20-26)14-16(22-27-21-14)28-7-10(24)5-18-13(25)6-23/h1-2,4,10,12,23-24,26H,3,5-7H2,(H,18,25)(H,19,20). The molecule has 28 heavy (non-hydrogen) atoms. The summed E-state index contributed by atoms with van der Waals surface area (Å²) in [5.41, 5.74) is 1.91. The molecule has 1 amide bonds. The van der Waals surface area contributed by atoms with Gasteiger partial charge in [0.15, 0.2) is 16.6 Å². The molecule has 1 aliphatic rings. The van der Waals surface area contributed by atoms with Crippen molar-refractivity contribution in [1.82, 2.24) is 20.9 Å². The molecular weight excluding hydrogens is 393 g/mol. The van der Waals surface area contributed by atoms with Crippen molar-refractivity contribution in [1.29, 1.82) is 0 Å². The van der Waals surface area contributed by atoms with Gasteiger partial charge in [0.2, 0.25) is 5.91 Å². The summed E-state index contributed by atoms with van der Waals surface area (Å²) in [5.74, 6) is -0.798. The van der Waals surface area contributed by atoms with Gasteiger partial charge in [-0.2, -0.15) is 0 Å². The molecule has 0 bridgehead atoms. The molecule has 2 aromatic rings. The quantitative estimate of drug-likeness (QED) is 0.131. The highest BCUT2D eigenvalue weighted by Crippen LogP contribution is 2.34. The number of aliphatic hydroxyl groups excluding tert-OH is 2. The maximum absolute atomic E-state index is 13.4. The van der Waals surface area contributed by atoms with Crippen LogP contribution in [0.2, 0.25) is 0 Å². The Balaban J connectivity index is 1.59. The number of rotatable bonds is 8. The number of carbonyl (C=O) groups is 1. The first kappa shape index (κ1) is 20.0. The van der Waals surface area contributed by atoms with E-state index in [1.807, 2.05) is 0 Å². The van der Waals surface area contributed by atoms with Gasteiger partial charge >= 0.3 is 0 Å². The Bertz CT molecular complexity index is 877. The van der Waals surface area contributed by atoms with E-state index >= 15 is 0 Å². The molecule has 1 heterocycles. The molecule has 0 aliphatic heterocycles. The Labute approximate surface area is 162 Å². The number of amidine groups is 1. The molecule has 1 aromatic heterocycles. The molecule has 1 aliphatic carbocycles. The van der Waals surface area contributed by atoms with Crippen LogP contribution in [0.4, 0.5) is 4.39 Å². The van der Waals surface area contributed by atoms with E-state index < -0.39 is 18.6 Å². The predicted octanol–water partition coefficient (Wildman–Crippen LogP) is -0.207. The number of benzene rings is 1. The van der Waals surface area contributed by atoms with Gasteiger partial charge in [0, 0.05) is 12.3 Å². The lowest BCUT2D eigenvalue weighted by Gasteiger charge is -2.31. The smallest absolute Gasteiger partial charge is 0.245 e. The molecule has 2 atom stereocenters. The second-order valence-electron chi connectivity index (χ2n) is 6.04. The largest absolute Gasteiger partial charge is 0.409 e. The summed E-state index contributed by atoms with van der Waals surface area (Å²) < 4.78 is 18.1. The molecule has 0 fully saturated rings. The summed E-state index contributed by atoms with van der Waals surface area (Å²) in [5, 5.41) is 44.1. The van der Waals surface area contributed by atoms with Crippen LogP contribution in [0, 0.1) is 5.82 Å². The number of fused-ring (bicyclic) bond motifs is 1. The highest BCUT2D eigenvalue weighted by Gasteiger charge is 2.30. The fourth-order valence-corrected chi connectivity index (χ4v) is 3.48. The average molecular weight is 411 g/mol. The first-order chi connectivity index (χ1) is 13.5. The second-order valence-corrected chi connectivity index (χ2v) is 7.05. The van der Waals surface area contributed by atoms with Gasteiger partial charge in [-0.05, 0) is 40.0 Å². The van der Waals surface area contributed by atoms with Gasteiger partial charge in [-0.25, -0.2) is 9.02 Å². The van der Waals surface area contributed by atoms with Gasteiger partial charge in [-0.15, -0.1) is 0 Å². The second kappa shape index (κ2) is 8.99. The number of aliphatic hydroxyl groups is 2. The Morgan fingerprint density at radius 3 is 3.04 bits per heavy atom. The van der Waals surface area contributed by atoms with Crippen molar-refractivity contribution in [3.8, 4) is 0 Å². The minimum absolute atomic E-state index is 0.00624. The fraction of sp³-hybridized carbons (Fsp3) is 0.375. The number of hydrogen-bond acceptors (Lipinski definition) is 9. The molecule has 3 rings (SSSR count). The third-order valence-electron chi connectivity index (χ3n) is 4.09. The molecule has 150 valence electrons. The van der Waals surface area contributed by atoms with Crippen molar-refractivity contribution in [2.24, 2.45) is 5.16 Å². The molecule has 0 radical (unpaired) electrons. The highest BCUT2D eigenvalue weighted by molar-refractivity contribution is 7.99. The van der Waals surface area contributed by atoms with Gasteiger partial charge in [0.05, 0.1) is 12.1 Å². The number of nitrogens with one attached hydrogen (secondary N) is 2. The van der Waals surface area contributed by atoms with Crippen LogP contribution in [0.25, 0.3) is 0 Å². The number of thioether (sulfide) groups is 1.